The number of sulfonamides is 1. The highest BCUT2D eigenvalue weighted by Crippen LogP contribution is 2.24. The minimum absolute atomic E-state index is 0.00427. The van der Waals surface area contributed by atoms with Crippen molar-refractivity contribution in [3.63, 3.8) is 0 Å². The third-order valence-corrected chi connectivity index (χ3v) is 5.93. The van der Waals surface area contributed by atoms with E-state index in [1.807, 2.05) is 17.7 Å². The number of carbonyl (C=O) groups excluding carboxylic acids is 1. The minimum atomic E-state index is -4.16. The number of nitrogens with one attached hydrogen (secondary N) is 1. The van der Waals surface area contributed by atoms with Crippen LogP contribution in [0.4, 0.5) is 0 Å². The van der Waals surface area contributed by atoms with Gasteiger partial charge in [0.25, 0.3) is 15.9 Å². The summed E-state index contributed by atoms with van der Waals surface area (Å²) in [5.41, 5.74) is 1.69. The molecule has 1 amide bonds. The molecule has 3 rings (SSSR count). The fourth-order valence-electron chi connectivity index (χ4n) is 2.44. The molecule has 0 fully saturated rings. The molecular weight excluding hydrogens is 411 g/mol. The maximum Gasteiger partial charge on any atom is 0.287 e. The second-order valence-electron chi connectivity index (χ2n) is 5.76. The summed E-state index contributed by atoms with van der Waals surface area (Å²) in [6.07, 6.45) is 0. The van der Waals surface area contributed by atoms with Crippen molar-refractivity contribution in [3.8, 4) is 5.69 Å². The number of hydrogen-bond acceptors (Lipinski definition) is 5. The Bertz CT molecular complexity index is 1140. The molecule has 0 aliphatic carbocycles. The highest BCUT2D eigenvalue weighted by Gasteiger charge is 2.25. The number of nitrogens with zero attached hydrogens (tertiary/aromatic N) is 3. The van der Waals surface area contributed by atoms with Crippen LogP contribution in [0.15, 0.2) is 47.4 Å². The van der Waals surface area contributed by atoms with E-state index < -0.39 is 15.9 Å². The molecule has 0 bridgehead atoms. The van der Waals surface area contributed by atoms with Crippen molar-refractivity contribution in [3.05, 3.63) is 69.5 Å². The largest absolute Gasteiger partial charge is 0.287 e. The van der Waals surface area contributed by atoms with Gasteiger partial charge in [0.2, 0.25) is 0 Å². The van der Waals surface area contributed by atoms with Gasteiger partial charge in [0, 0.05) is 0 Å². The van der Waals surface area contributed by atoms with E-state index in [-0.39, 0.29) is 15.6 Å². The first-order valence-electron chi connectivity index (χ1n) is 7.71. The molecule has 0 saturated heterocycles. The first-order chi connectivity index (χ1) is 12.7. The van der Waals surface area contributed by atoms with E-state index in [1.54, 1.807) is 25.1 Å². The molecule has 3 aromatic rings. The van der Waals surface area contributed by atoms with Crippen LogP contribution < -0.4 is 4.72 Å². The minimum Gasteiger partial charge on any atom is -0.266 e. The van der Waals surface area contributed by atoms with Crippen molar-refractivity contribution < 1.29 is 13.2 Å². The molecule has 0 spiro atoms. The van der Waals surface area contributed by atoms with Crippen LogP contribution in [-0.4, -0.2) is 29.3 Å². The predicted octanol–water partition coefficient (Wildman–Crippen LogP) is 3.31. The summed E-state index contributed by atoms with van der Waals surface area (Å²) < 4.78 is 28.2. The molecule has 0 unspecified atom stereocenters. The lowest BCUT2D eigenvalue weighted by atomic mass is 10.2. The zero-order chi connectivity index (χ0) is 19.8. The standard InChI is InChI=1S/C17H14Cl2N4O3S/c1-10-7-8-14(13(19)9-10)23-11(2)16(20-22-23)17(24)21-27(25,26)15-6-4-3-5-12(15)18/h3-9H,1-2H3,(H,21,24). The average molecular weight is 425 g/mol. The summed E-state index contributed by atoms with van der Waals surface area (Å²) in [4.78, 5) is 12.3. The average Bonchev–Trinajstić information content (AvgIpc) is 2.96. The van der Waals surface area contributed by atoms with E-state index in [2.05, 4.69) is 10.3 Å². The van der Waals surface area contributed by atoms with Gasteiger partial charge in [0.15, 0.2) is 5.69 Å². The molecule has 1 heterocycles. The lowest BCUT2D eigenvalue weighted by Gasteiger charge is -2.08. The Morgan fingerprint density at radius 2 is 1.78 bits per heavy atom. The van der Waals surface area contributed by atoms with Crippen molar-refractivity contribution in [2.24, 2.45) is 0 Å². The highest BCUT2D eigenvalue weighted by molar-refractivity contribution is 7.90. The number of amides is 1. The second-order valence-corrected chi connectivity index (χ2v) is 8.22. The van der Waals surface area contributed by atoms with E-state index in [4.69, 9.17) is 23.2 Å². The first kappa shape index (κ1) is 19.3. The molecule has 0 aliphatic rings. The number of halogens is 2. The lowest BCUT2D eigenvalue weighted by Crippen LogP contribution is -2.31. The Labute approximate surface area is 166 Å². The molecule has 140 valence electrons. The van der Waals surface area contributed by atoms with Gasteiger partial charge in [-0.3, -0.25) is 4.79 Å². The SMILES string of the molecule is Cc1ccc(-n2nnc(C(=O)NS(=O)(=O)c3ccccc3Cl)c2C)c(Cl)c1. The molecular formula is C17H14Cl2N4O3S. The van der Waals surface area contributed by atoms with Crippen molar-refractivity contribution >= 4 is 39.1 Å². The smallest absolute Gasteiger partial charge is 0.266 e. The van der Waals surface area contributed by atoms with Crippen molar-refractivity contribution in [1.82, 2.24) is 19.7 Å². The fourth-order valence-corrected chi connectivity index (χ4v) is 4.23. The molecule has 0 radical (unpaired) electrons. The number of aryl methyl sites for hydroxylation is 1. The van der Waals surface area contributed by atoms with Crippen LogP contribution in [0.5, 0.6) is 0 Å². The monoisotopic (exact) mass is 424 g/mol. The van der Waals surface area contributed by atoms with Crippen molar-refractivity contribution in [1.29, 1.82) is 0 Å². The lowest BCUT2D eigenvalue weighted by molar-refractivity contribution is 0.0976. The van der Waals surface area contributed by atoms with E-state index in [1.165, 1.54) is 22.9 Å². The van der Waals surface area contributed by atoms with Crippen molar-refractivity contribution in [2.45, 2.75) is 18.7 Å². The number of hydrogen-bond donors (Lipinski definition) is 1. The first-order valence-corrected chi connectivity index (χ1v) is 9.95. The van der Waals surface area contributed by atoms with Crippen LogP contribution >= 0.6 is 23.2 Å². The molecule has 2 aromatic carbocycles. The van der Waals surface area contributed by atoms with Crippen LogP contribution in [-0.2, 0) is 10.0 Å². The quantitative estimate of drug-likeness (QED) is 0.692. The van der Waals surface area contributed by atoms with Crippen LogP contribution in [0.3, 0.4) is 0 Å². The molecule has 0 aliphatic heterocycles. The van der Waals surface area contributed by atoms with Crippen molar-refractivity contribution in [2.75, 3.05) is 0 Å². The Balaban J connectivity index is 1.93. The van der Waals surface area contributed by atoms with Gasteiger partial charge in [-0.2, -0.15) is 0 Å². The van der Waals surface area contributed by atoms with Gasteiger partial charge < -0.3 is 0 Å². The molecule has 10 heteroatoms. The summed E-state index contributed by atoms with van der Waals surface area (Å²) in [6.45, 7) is 3.48. The topological polar surface area (TPSA) is 93.9 Å². The van der Waals surface area contributed by atoms with Gasteiger partial charge in [-0.05, 0) is 43.7 Å². The molecule has 27 heavy (non-hydrogen) atoms. The van der Waals surface area contributed by atoms with E-state index in [0.29, 0.717) is 16.4 Å². The van der Waals surface area contributed by atoms with Gasteiger partial charge in [-0.15, -0.1) is 5.10 Å². The van der Waals surface area contributed by atoms with Gasteiger partial charge in [-0.25, -0.2) is 17.8 Å². The summed E-state index contributed by atoms with van der Waals surface area (Å²) >= 11 is 12.1. The number of benzene rings is 2. The summed E-state index contributed by atoms with van der Waals surface area (Å²) in [7, 11) is -4.16. The van der Waals surface area contributed by atoms with E-state index in [0.717, 1.165) is 5.56 Å². The van der Waals surface area contributed by atoms with Gasteiger partial charge in [0.05, 0.1) is 21.4 Å². The fraction of sp³-hybridized carbons (Fsp3) is 0.118. The maximum atomic E-state index is 12.5. The zero-order valence-electron chi connectivity index (χ0n) is 14.3. The van der Waals surface area contributed by atoms with Gasteiger partial charge in [-0.1, -0.05) is 46.6 Å². The summed E-state index contributed by atoms with van der Waals surface area (Å²) in [5.74, 6) is -0.915. The second kappa shape index (κ2) is 7.30. The summed E-state index contributed by atoms with van der Waals surface area (Å²) in [6, 6.07) is 11.1. The zero-order valence-corrected chi connectivity index (χ0v) is 16.6. The Morgan fingerprint density at radius 3 is 2.44 bits per heavy atom. The van der Waals surface area contributed by atoms with Gasteiger partial charge in [0.1, 0.15) is 4.90 Å². The maximum absolute atomic E-state index is 12.5. The number of aromatic nitrogens is 3. The molecule has 1 N–H and O–H groups in total. The van der Waals surface area contributed by atoms with Gasteiger partial charge >= 0.3 is 0 Å². The highest BCUT2D eigenvalue weighted by atomic mass is 35.5. The molecule has 7 nitrogen and oxygen atoms in total. The third-order valence-electron chi connectivity index (χ3n) is 3.79. The molecule has 0 saturated carbocycles. The number of rotatable bonds is 4. The predicted molar refractivity (Wildman–Crippen MR) is 102 cm³/mol. The molecule has 0 atom stereocenters. The Kier molecular flexibility index (Phi) is 5.23. The number of carbonyl (C=O) groups is 1. The Morgan fingerprint density at radius 1 is 1.07 bits per heavy atom. The van der Waals surface area contributed by atoms with E-state index in [9.17, 15) is 13.2 Å². The van der Waals surface area contributed by atoms with Crippen LogP contribution in [0.25, 0.3) is 5.69 Å². The normalized spacial score (nSPS) is 11.4. The van der Waals surface area contributed by atoms with E-state index >= 15 is 0 Å². The van der Waals surface area contributed by atoms with Crippen LogP contribution in [0, 0.1) is 13.8 Å². The molecule has 1 aromatic heterocycles. The van der Waals surface area contributed by atoms with Crippen LogP contribution in [0.2, 0.25) is 10.0 Å². The van der Waals surface area contributed by atoms with Crippen LogP contribution in [0.1, 0.15) is 21.7 Å². The summed E-state index contributed by atoms with van der Waals surface area (Å²) in [5, 5.41) is 8.15. The third kappa shape index (κ3) is 3.83. The Hall–Kier alpha value is -2.42.